The maximum absolute atomic E-state index is 12.6. The van der Waals surface area contributed by atoms with Crippen molar-refractivity contribution in [1.82, 2.24) is 14.7 Å². The van der Waals surface area contributed by atoms with E-state index >= 15 is 0 Å². The van der Waals surface area contributed by atoms with Gasteiger partial charge in [-0.25, -0.2) is 13.4 Å². The largest absolute Gasteiger partial charge is 0.360 e. The van der Waals surface area contributed by atoms with Gasteiger partial charge >= 0.3 is 0 Å². The number of benzene rings is 2. The molecular weight excluding hydrogens is 462 g/mol. The molecule has 0 saturated heterocycles. The number of aromatic nitrogens is 2. The lowest BCUT2D eigenvalue weighted by Crippen LogP contribution is -2.41. The second-order valence-corrected chi connectivity index (χ2v) is 9.90. The van der Waals surface area contributed by atoms with Crippen molar-refractivity contribution in [2.45, 2.75) is 24.8 Å². The van der Waals surface area contributed by atoms with Crippen LogP contribution in [-0.2, 0) is 19.6 Å². The average Bonchev–Trinajstić information content (AvgIpc) is 3.40. The molecule has 0 unspecified atom stereocenters. The molecule has 11 heteroatoms. The van der Waals surface area contributed by atoms with Gasteiger partial charge in [-0.05, 0) is 37.3 Å². The van der Waals surface area contributed by atoms with Crippen molar-refractivity contribution in [3.8, 4) is 11.3 Å². The number of aromatic amines is 1. The zero-order valence-electron chi connectivity index (χ0n) is 17.7. The lowest BCUT2D eigenvalue weighted by Gasteiger charge is -2.14. The molecule has 0 saturated carbocycles. The van der Waals surface area contributed by atoms with Gasteiger partial charge in [-0.2, -0.15) is 4.72 Å². The number of rotatable bonds is 7. The molecule has 0 aliphatic rings. The number of amides is 2. The molecule has 2 aromatic carbocycles. The Morgan fingerprint density at radius 3 is 2.52 bits per heavy atom. The highest BCUT2D eigenvalue weighted by atomic mass is 32.2. The quantitative estimate of drug-likeness (QED) is 0.319. The van der Waals surface area contributed by atoms with E-state index in [2.05, 4.69) is 25.3 Å². The summed E-state index contributed by atoms with van der Waals surface area (Å²) >= 11 is 1.25. The van der Waals surface area contributed by atoms with Gasteiger partial charge in [-0.15, -0.1) is 11.3 Å². The molecule has 4 rings (SSSR count). The number of hydrogen-bond donors (Lipinski definition) is 4. The van der Waals surface area contributed by atoms with Crippen LogP contribution >= 0.6 is 11.3 Å². The zero-order valence-corrected chi connectivity index (χ0v) is 19.4. The van der Waals surface area contributed by atoms with Gasteiger partial charge in [0.1, 0.15) is 0 Å². The van der Waals surface area contributed by atoms with Crippen LogP contribution in [0.15, 0.2) is 65.0 Å². The number of thiazole rings is 1. The molecule has 4 N–H and O–H groups in total. The van der Waals surface area contributed by atoms with E-state index < -0.39 is 22.0 Å². The predicted octanol–water partition coefficient (Wildman–Crippen LogP) is 3.56. The summed E-state index contributed by atoms with van der Waals surface area (Å²) in [5, 5.41) is 8.44. The molecule has 4 aromatic rings. The van der Waals surface area contributed by atoms with Crippen molar-refractivity contribution in [1.29, 1.82) is 0 Å². The number of anilines is 2. The summed E-state index contributed by atoms with van der Waals surface area (Å²) in [6.45, 7) is 2.81. The second-order valence-electron chi connectivity index (χ2n) is 7.32. The number of H-pyrrole nitrogens is 1. The SMILES string of the molecule is CC(=O)Nc1ccc(S(=O)(=O)N[C@H](C)C(=O)Nc2nc(-c3c[nH]c4ccccc34)cs2)cc1. The number of carbonyl (C=O) groups is 2. The topological polar surface area (TPSA) is 133 Å². The van der Waals surface area contributed by atoms with E-state index in [0.29, 0.717) is 16.5 Å². The van der Waals surface area contributed by atoms with E-state index in [1.54, 1.807) is 0 Å². The molecule has 0 aliphatic carbocycles. The van der Waals surface area contributed by atoms with Gasteiger partial charge in [0.05, 0.1) is 16.6 Å². The number of fused-ring (bicyclic) bond motifs is 1. The smallest absolute Gasteiger partial charge is 0.244 e. The zero-order chi connectivity index (χ0) is 23.6. The second kappa shape index (κ2) is 9.14. The van der Waals surface area contributed by atoms with Crippen LogP contribution in [0.25, 0.3) is 22.2 Å². The van der Waals surface area contributed by atoms with Gasteiger partial charge in [0.2, 0.25) is 21.8 Å². The van der Waals surface area contributed by atoms with Crippen LogP contribution in [-0.4, -0.2) is 36.2 Å². The molecular formula is C22H21N5O4S2. The number of nitrogens with one attached hydrogen (secondary N) is 4. The van der Waals surface area contributed by atoms with E-state index in [9.17, 15) is 18.0 Å². The third-order valence-electron chi connectivity index (χ3n) is 4.81. The van der Waals surface area contributed by atoms with Crippen LogP contribution in [0.2, 0.25) is 0 Å². The number of carbonyl (C=O) groups excluding carboxylic acids is 2. The number of para-hydroxylation sites is 1. The van der Waals surface area contributed by atoms with Gasteiger partial charge in [-0.1, -0.05) is 18.2 Å². The number of hydrogen-bond acceptors (Lipinski definition) is 6. The Labute approximate surface area is 194 Å². The molecule has 1 atom stereocenters. The van der Waals surface area contributed by atoms with Crippen LogP contribution in [0, 0.1) is 0 Å². The summed E-state index contributed by atoms with van der Waals surface area (Å²) in [7, 11) is -3.94. The van der Waals surface area contributed by atoms with Crippen LogP contribution in [0.5, 0.6) is 0 Å². The molecule has 2 amide bonds. The fraction of sp³-hybridized carbons (Fsp3) is 0.136. The van der Waals surface area contributed by atoms with Crippen molar-refractivity contribution in [2.24, 2.45) is 0 Å². The number of nitrogens with zero attached hydrogens (tertiary/aromatic N) is 1. The van der Waals surface area contributed by atoms with E-state index in [1.807, 2.05) is 35.8 Å². The molecule has 9 nitrogen and oxygen atoms in total. The summed E-state index contributed by atoms with van der Waals surface area (Å²) < 4.78 is 27.6. The summed E-state index contributed by atoms with van der Waals surface area (Å²) in [6, 6.07) is 12.5. The molecule has 2 aromatic heterocycles. The summed E-state index contributed by atoms with van der Waals surface area (Å²) in [4.78, 5) is 31.3. The van der Waals surface area contributed by atoms with Crippen LogP contribution in [0.3, 0.4) is 0 Å². The molecule has 0 radical (unpaired) electrons. The Kier molecular flexibility index (Phi) is 6.27. The van der Waals surface area contributed by atoms with Crippen LogP contribution < -0.4 is 15.4 Å². The van der Waals surface area contributed by atoms with Crippen molar-refractivity contribution in [3.63, 3.8) is 0 Å². The highest BCUT2D eigenvalue weighted by molar-refractivity contribution is 7.89. The van der Waals surface area contributed by atoms with Crippen molar-refractivity contribution < 1.29 is 18.0 Å². The molecule has 2 heterocycles. The van der Waals surface area contributed by atoms with E-state index in [1.165, 1.54) is 49.4 Å². The van der Waals surface area contributed by atoms with Crippen LogP contribution in [0.1, 0.15) is 13.8 Å². The highest BCUT2D eigenvalue weighted by Gasteiger charge is 2.23. The lowest BCUT2D eigenvalue weighted by atomic mass is 10.1. The summed E-state index contributed by atoms with van der Waals surface area (Å²) in [5.74, 6) is -0.794. The third kappa shape index (κ3) is 5.11. The van der Waals surface area contributed by atoms with Crippen molar-refractivity contribution >= 4 is 54.9 Å². The highest BCUT2D eigenvalue weighted by Crippen LogP contribution is 2.31. The normalized spacial score (nSPS) is 12.4. The van der Waals surface area contributed by atoms with E-state index in [-0.39, 0.29) is 10.8 Å². The van der Waals surface area contributed by atoms with Crippen molar-refractivity contribution in [3.05, 3.63) is 60.1 Å². The van der Waals surface area contributed by atoms with E-state index in [4.69, 9.17) is 0 Å². The first-order valence-electron chi connectivity index (χ1n) is 9.96. The molecule has 0 bridgehead atoms. The number of sulfonamides is 1. The molecule has 0 spiro atoms. The Bertz CT molecular complexity index is 1420. The molecule has 0 aliphatic heterocycles. The predicted molar refractivity (Wildman–Crippen MR) is 129 cm³/mol. The average molecular weight is 484 g/mol. The first kappa shape index (κ1) is 22.6. The molecule has 170 valence electrons. The van der Waals surface area contributed by atoms with Crippen LogP contribution in [0.4, 0.5) is 10.8 Å². The maximum atomic E-state index is 12.6. The molecule has 0 fully saturated rings. The first-order chi connectivity index (χ1) is 15.7. The van der Waals surface area contributed by atoms with Gasteiger partial charge in [0.25, 0.3) is 0 Å². The van der Waals surface area contributed by atoms with E-state index in [0.717, 1.165) is 16.5 Å². The Morgan fingerprint density at radius 1 is 1.06 bits per heavy atom. The molecule has 33 heavy (non-hydrogen) atoms. The Morgan fingerprint density at radius 2 is 1.79 bits per heavy atom. The van der Waals surface area contributed by atoms with Gasteiger partial charge in [0.15, 0.2) is 5.13 Å². The van der Waals surface area contributed by atoms with Crippen molar-refractivity contribution in [2.75, 3.05) is 10.6 Å². The van der Waals surface area contributed by atoms with Gasteiger partial charge < -0.3 is 15.6 Å². The Balaban J connectivity index is 1.42. The monoisotopic (exact) mass is 483 g/mol. The summed E-state index contributed by atoms with van der Waals surface area (Å²) in [6.07, 6.45) is 1.86. The van der Waals surface area contributed by atoms with Gasteiger partial charge in [0, 0.05) is 40.7 Å². The minimum atomic E-state index is -3.94. The summed E-state index contributed by atoms with van der Waals surface area (Å²) in [5.41, 5.74) is 3.08. The first-order valence-corrected chi connectivity index (χ1v) is 12.3. The fourth-order valence-electron chi connectivity index (χ4n) is 3.23. The third-order valence-corrected chi connectivity index (χ3v) is 7.12. The minimum Gasteiger partial charge on any atom is -0.360 e. The lowest BCUT2D eigenvalue weighted by molar-refractivity contribution is -0.117. The maximum Gasteiger partial charge on any atom is 0.244 e. The van der Waals surface area contributed by atoms with Gasteiger partial charge in [-0.3, -0.25) is 9.59 Å². The fourth-order valence-corrected chi connectivity index (χ4v) is 5.14. The Hall–Kier alpha value is -3.54. The minimum absolute atomic E-state index is 0.0212. The standard InChI is InChI=1S/C22H21N5O4S2/c1-13(27-33(30,31)16-9-7-15(8-10-16)24-14(2)28)21(29)26-22-25-20(12-32-22)18-11-23-19-6-4-3-5-17(18)19/h3-13,23,27H,1-2H3,(H,24,28)(H,25,26,29)/t13-/m1/s1.